The minimum atomic E-state index is -0.530. The summed E-state index contributed by atoms with van der Waals surface area (Å²) in [6.45, 7) is 0. The van der Waals surface area contributed by atoms with Crippen molar-refractivity contribution in [1.29, 1.82) is 0 Å². The molecule has 1 aromatic heterocycles. The third kappa shape index (κ3) is 4.22. The molecule has 1 N–H and O–H groups in total. The third-order valence-electron chi connectivity index (χ3n) is 4.81. The van der Waals surface area contributed by atoms with Crippen LogP contribution in [-0.4, -0.2) is 26.1 Å². The lowest BCUT2D eigenvalue weighted by Gasteiger charge is -2.18. The number of benzene rings is 2. The van der Waals surface area contributed by atoms with E-state index in [2.05, 4.69) is 20.8 Å². The first-order valence-corrected chi connectivity index (χ1v) is 10.1. The molecule has 0 saturated heterocycles. The van der Waals surface area contributed by atoms with E-state index in [0.717, 1.165) is 18.4 Å². The summed E-state index contributed by atoms with van der Waals surface area (Å²) < 4.78 is 15.0. The highest BCUT2D eigenvalue weighted by molar-refractivity contribution is 8.00. The standard InChI is InChI=1S/C20H20FN5OS/c21-15-10-12-16(13-11-15)22-19(27)18(14-6-2-1-3-7-14)28-20-23-24-25-26(20)17-8-4-5-9-17/h1-3,6-7,10-13,17-18H,4-5,8-9H2,(H,22,27)/t18-/m1/s1. The molecule has 0 bridgehead atoms. The molecule has 1 fully saturated rings. The number of rotatable bonds is 6. The Labute approximate surface area is 166 Å². The summed E-state index contributed by atoms with van der Waals surface area (Å²) in [6.07, 6.45) is 4.44. The Bertz CT molecular complexity index is 925. The fourth-order valence-corrected chi connectivity index (χ4v) is 4.44. The van der Waals surface area contributed by atoms with Gasteiger partial charge in [-0.2, -0.15) is 0 Å². The average Bonchev–Trinajstić information content (AvgIpc) is 3.40. The van der Waals surface area contributed by atoms with Gasteiger partial charge in [0.25, 0.3) is 0 Å². The van der Waals surface area contributed by atoms with Gasteiger partial charge in [0.2, 0.25) is 11.1 Å². The van der Waals surface area contributed by atoms with Crippen LogP contribution in [-0.2, 0) is 4.79 Å². The highest BCUT2D eigenvalue weighted by Crippen LogP contribution is 2.38. The first kappa shape index (κ1) is 18.6. The number of hydrogen-bond acceptors (Lipinski definition) is 5. The fourth-order valence-electron chi connectivity index (χ4n) is 3.39. The Morgan fingerprint density at radius 1 is 1.11 bits per heavy atom. The smallest absolute Gasteiger partial charge is 0.242 e. The van der Waals surface area contributed by atoms with Gasteiger partial charge in [-0.05, 0) is 53.1 Å². The highest BCUT2D eigenvalue weighted by Gasteiger charge is 2.28. The van der Waals surface area contributed by atoms with Crippen molar-refractivity contribution in [2.75, 3.05) is 5.32 Å². The van der Waals surface area contributed by atoms with Crippen LogP contribution in [0.4, 0.5) is 10.1 Å². The van der Waals surface area contributed by atoms with Crippen molar-refractivity contribution in [3.8, 4) is 0 Å². The predicted octanol–water partition coefficient (Wildman–Crippen LogP) is 4.40. The molecule has 1 aliphatic rings. The zero-order chi connectivity index (χ0) is 19.3. The minimum Gasteiger partial charge on any atom is -0.325 e. The van der Waals surface area contributed by atoms with Gasteiger partial charge in [0.05, 0.1) is 6.04 Å². The van der Waals surface area contributed by atoms with Gasteiger partial charge in [-0.25, -0.2) is 9.07 Å². The number of carbonyl (C=O) groups excluding carboxylic acids is 1. The molecule has 6 nitrogen and oxygen atoms in total. The summed E-state index contributed by atoms with van der Waals surface area (Å²) in [7, 11) is 0. The van der Waals surface area contributed by atoms with Gasteiger partial charge in [0.1, 0.15) is 11.1 Å². The number of hydrogen-bond donors (Lipinski definition) is 1. The molecular formula is C20H20FN5OS. The van der Waals surface area contributed by atoms with Crippen LogP contribution in [0.25, 0.3) is 0 Å². The maximum atomic E-state index is 13.2. The Kier molecular flexibility index (Phi) is 5.66. The molecule has 0 aliphatic heterocycles. The number of anilines is 1. The summed E-state index contributed by atoms with van der Waals surface area (Å²) >= 11 is 1.33. The fraction of sp³-hybridized carbons (Fsp3) is 0.300. The lowest BCUT2D eigenvalue weighted by molar-refractivity contribution is -0.115. The molecule has 1 saturated carbocycles. The molecule has 0 spiro atoms. The Morgan fingerprint density at radius 3 is 2.54 bits per heavy atom. The van der Waals surface area contributed by atoms with Crippen molar-refractivity contribution in [2.24, 2.45) is 0 Å². The SMILES string of the molecule is O=C(Nc1ccc(F)cc1)[C@H](Sc1nnnn1C1CCCC1)c1ccccc1. The van der Waals surface area contributed by atoms with E-state index in [1.54, 1.807) is 12.1 Å². The zero-order valence-electron chi connectivity index (χ0n) is 15.2. The first-order chi connectivity index (χ1) is 13.7. The van der Waals surface area contributed by atoms with E-state index in [1.165, 1.54) is 36.7 Å². The van der Waals surface area contributed by atoms with Crippen LogP contribution in [0.3, 0.4) is 0 Å². The number of tetrazole rings is 1. The summed E-state index contributed by atoms with van der Waals surface area (Å²) in [5.74, 6) is -0.550. The Hall–Kier alpha value is -2.74. The van der Waals surface area contributed by atoms with Crippen molar-refractivity contribution in [2.45, 2.75) is 42.1 Å². The summed E-state index contributed by atoms with van der Waals surface area (Å²) in [4.78, 5) is 13.1. The van der Waals surface area contributed by atoms with E-state index >= 15 is 0 Å². The number of nitrogens with one attached hydrogen (secondary N) is 1. The van der Waals surface area contributed by atoms with Crippen LogP contribution in [0.1, 0.15) is 42.5 Å². The van der Waals surface area contributed by atoms with Crippen LogP contribution in [0.15, 0.2) is 59.8 Å². The van der Waals surface area contributed by atoms with Crippen LogP contribution in [0, 0.1) is 5.82 Å². The van der Waals surface area contributed by atoms with Gasteiger partial charge in [-0.3, -0.25) is 4.79 Å². The van der Waals surface area contributed by atoms with Crippen LogP contribution < -0.4 is 5.32 Å². The van der Waals surface area contributed by atoms with Crippen molar-refractivity contribution in [3.63, 3.8) is 0 Å². The molecule has 28 heavy (non-hydrogen) atoms. The van der Waals surface area contributed by atoms with Crippen molar-refractivity contribution in [3.05, 3.63) is 66.0 Å². The number of nitrogens with zero attached hydrogens (tertiary/aromatic N) is 4. The second kappa shape index (κ2) is 8.52. The summed E-state index contributed by atoms with van der Waals surface area (Å²) in [5, 5.41) is 15.1. The zero-order valence-corrected chi connectivity index (χ0v) is 16.0. The molecule has 1 atom stereocenters. The number of halogens is 1. The largest absolute Gasteiger partial charge is 0.325 e. The summed E-state index contributed by atoms with van der Waals surface area (Å²) in [6, 6.07) is 15.5. The molecule has 1 aliphatic carbocycles. The molecule has 0 unspecified atom stereocenters. The van der Waals surface area contributed by atoms with Gasteiger partial charge in [0, 0.05) is 5.69 Å². The normalized spacial score (nSPS) is 15.5. The Balaban J connectivity index is 1.58. The molecule has 3 aromatic rings. The van der Waals surface area contributed by atoms with Crippen LogP contribution >= 0.6 is 11.8 Å². The number of amides is 1. The van der Waals surface area contributed by atoms with E-state index in [1.807, 2.05) is 35.0 Å². The van der Waals surface area contributed by atoms with Crippen LogP contribution in [0.2, 0.25) is 0 Å². The van der Waals surface area contributed by atoms with Gasteiger partial charge in [0.15, 0.2) is 0 Å². The number of thioether (sulfide) groups is 1. The molecule has 144 valence electrons. The van der Waals surface area contributed by atoms with Gasteiger partial charge in [-0.15, -0.1) is 5.10 Å². The van der Waals surface area contributed by atoms with Gasteiger partial charge >= 0.3 is 0 Å². The second-order valence-corrected chi connectivity index (χ2v) is 7.82. The lowest BCUT2D eigenvalue weighted by atomic mass is 10.1. The van der Waals surface area contributed by atoms with E-state index in [0.29, 0.717) is 10.8 Å². The van der Waals surface area contributed by atoms with E-state index in [4.69, 9.17) is 0 Å². The average molecular weight is 397 g/mol. The van der Waals surface area contributed by atoms with Gasteiger partial charge < -0.3 is 5.32 Å². The van der Waals surface area contributed by atoms with E-state index in [9.17, 15) is 9.18 Å². The van der Waals surface area contributed by atoms with Crippen molar-refractivity contribution in [1.82, 2.24) is 20.2 Å². The molecule has 0 radical (unpaired) electrons. The maximum Gasteiger partial charge on any atom is 0.242 e. The Morgan fingerprint density at radius 2 is 1.82 bits per heavy atom. The summed E-state index contributed by atoms with van der Waals surface area (Å²) in [5.41, 5.74) is 1.40. The van der Waals surface area contributed by atoms with Crippen molar-refractivity contribution < 1.29 is 9.18 Å². The van der Waals surface area contributed by atoms with E-state index in [-0.39, 0.29) is 17.8 Å². The number of carbonyl (C=O) groups is 1. The van der Waals surface area contributed by atoms with Crippen molar-refractivity contribution >= 4 is 23.4 Å². The maximum absolute atomic E-state index is 13.2. The van der Waals surface area contributed by atoms with Gasteiger partial charge in [-0.1, -0.05) is 54.9 Å². The van der Waals surface area contributed by atoms with Crippen LogP contribution in [0.5, 0.6) is 0 Å². The quantitative estimate of drug-likeness (QED) is 0.624. The molecule has 8 heteroatoms. The second-order valence-electron chi connectivity index (χ2n) is 6.75. The lowest BCUT2D eigenvalue weighted by Crippen LogP contribution is -2.20. The molecular weight excluding hydrogens is 377 g/mol. The minimum absolute atomic E-state index is 0.205. The predicted molar refractivity (Wildman–Crippen MR) is 105 cm³/mol. The number of aromatic nitrogens is 4. The first-order valence-electron chi connectivity index (χ1n) is 9.26. The molecule has 4 rings (SSSR count). The highest BCUT2D eigenvalue weighted by atomic mass is 32.2. The molecule has 2 aromatic carbocycles. The molecule has 1 heterocycles. The van der Waals surface area contributed by atoms with E-state index < -0.39 is 5.25 Å². The molecule has 1 amide bonds. The topological polar surface area (TPSA) is 72.7 Å². The third-order valence-corrected chi connectivity index (χ3v) is 6.01. The monoisotopic (exact) mass is 397 g/mol.